The van der Waals surface area contributed by atoms with E-state index < -0.39 is 6.10 Å². The fourth-order valence-electron chi connectivity index (χ4n) is 3.38. The third-order valence-corrected chi connectivity index (χ3v) is 4.79. The van der Waals surface area contributed by atoms with Crippen molar-refractivity contribution in [3.8, 4) is 5.75 Å². The lowest BCUT2D eigenvalue weighted by Gasteiger charge is -2.33. The minimum absolute atomic E-state index is 0.143. The van der Waals surface area contributed by atoms with Crippen LogP contribution in [0.5, 0.6) is 5.75 Å². The maximum atomic E-state index is 12.7. The highest BCUT2D eigenvalue weighted by Crippen LogP contribution is 2.33. The molecule has 142 valence electrons. The highest BCUT2D eigenvalue weighted by atomic mass is 16.5. The molecule has 0 saturated heterocycles. The lowest BCUT2D eigenvalue weighted by atomic mass is 10.1. The second kappa shape index (κ2) is 7.19. The molecule has 0 spiro atoms. The van der Waals surface area contributed by atoms with E-state index in [1.54, 1.807) is 41.4 Å². The van der Waals surface area contributed by atoms with Gasteiger partial charge in [-0.15, -0.1) is 0 Å². The third-order valence-electron chi connectivity index (χ3n) is 4.79. The van der Waals surface area contributed by atoms with Crippen LogP contribution in [0.4, 0.5) is 5.69 Å². The number of carbonyl (C=O) groups excluding carboxylic acids is 2. The standard InChI is InChI=1S/C21H19N3O4/c1-13(25)24-12-19(28-18-9-5-4-8-17(18)24)21(27)23-11-14-10-22-20(26)16-7-3-2-6-15(14)16/h2-10,19H,11-12H2,1H3,(H,22,26)(H,23,27). The van der Waals surface area contributed by atoms with Gasteiger partial charge in [0, 0.05) is 25.1 Å². The predicted octanol–water partition coefficient (Wildman–Crippen LogP) is 1.96. The van der Waals surface area contributed by atoms with Crippen molar-refractivity contribution in [2.45, 2.75) is 19.6 Å². The van der Waals surface area contributed by atoms with Gasteiger partial charge in [0.1, 0.15) is 5.75 Å². The van der Waals surface area contributed by atoms with Gasteiger partial charge >= 0.3 is 0 Å². The van der Waals surface area contributed by atoms with Gasteiger partial charge < -0.3 is 19.9 Å². The molecule has 1 aliphatic heterocycles. The van der Waals surface area contributed by atoms with Crippen LogP contribution in [0.2, 0.25) is 0 Å². The first-order chi connectivity index (χ1) is 13.5. The van der Waals surface area contributed by atoms with Crippen LogP contribution in [-0.4, -0.2) is 29.4 Å². The van der Waals surface area contributed by atoms with Crippen molar-refractivity contribution in [2.24, 2.45) is 0 Å². The van der Waals surface area contributed by atoms with Crippen molar-refractivity contribution in [1.29, 1.82) is 0 Å². The molecule has 0 fully saturated rings. The topological polar surface area (TPSA) is 91.5 Å². The van der Waals surface area contributed by atoms with E-state index in [1.807, 2.05) is 18.2 Å². The van der Waals surface area contributed by atoms with E-state index in [-0.39, 0.29) is 30.5 Å². The zero-order chi connectivity index (χ0) is 19.7. The second-order valence-corrected chi connectivity index (χ2v) is 6.61. The Morgan fingerprint density at radius 2 is 1.86 bits per heavy atom. The summed E-state index contributed by atoms with van der Waals surface area (Å²) in [6.07, 6.45) is 0.789. The maximum Gasteiger partial charge on any atom is 0.263 e. The number of amides is 2. The predicted molar refractivity (Wildman–Crippen MR) is 105 cm³/mol. The van der Waals surface area contributed by atoms with Crippen LogP contribution in [-0.2, 0) is 16.1 Å². The van der Waals surface area contributed by atoms with Gasteiger partial charge in [-0.25, -0.2) is 0 Å². The van der Waals surface area contributed by atoms with Crippen molar-refractivity contribution >= 4 is 28.3 Å². The van der Waals surface area contributed by atoms with Gasteiger partial charge in [0.2, 0.25) is 5.91 Å². The number of ether oxygens (including phenoxy) is 1. The van der Waals surface area contributed by atoms with Gasteiger partial charge in [0.15, 0.2) is 6.10 Å². The summed E-state index contributed by atoms with van der Waals surface area (Å²) in [7, 11) is 0. The van der Waals surface area contributed by atoms with Crippen molar-refractivity contribution < 1.29 is 14.3 Å². The minimum Gasteiger partial charge on any atom is -0.477 e. The Labute approximate surface area is 160 Å². The molecule has 2 N–H and O–H groups in total. The molecule has 0 aliphatic carbocycles. The van der Waals surface area contributed by atoms with E-state index in [0.29, 0.717) is 16.8 Å². The number of anilines is 1. The third kappa shape index (κ3) is 3.22. The van der Waals surface area contributed by atoms with Crippen LogP contribution in [0.25, 0.3) is 10.8 Å². The van der Waals surface area contributed by atoms with Gasteiger partial charge in [-0.1, -0.05) is 30.3 Å². The number of benzene rings is 2. The normalized spacial score (nSPS) is 15.6. The zero-order valence-electron chi connectivity index (χ0n) is 15.3. The molecule has 1 unspecified atom stereocenters. The monoisotopic (exact) mass is 377 g/mol. The van der Waals surface area contributed by atoms with Crippen LogP contribution in [0, 0.1) is 0 Å². The number of aromatic amines is 1. The van der Waals surface area contributed by atoms with Crippen LogP contribution in [0.1, 0.15) is 12.5 Å². The molecule has 1 atom stereocenters. The number of nitrogens with one attached hydrogen (secondary N) is 2. The summed E-state index contributed by atoms with van der Waals surface area (Å²) in [6.45, 7) is 1.84. The molecule has 1 aromatic heterocycles. The van der Waals surface area contributed by atoms with E-state index in [0.717, 1.165) is 10.9 Å². The summed E-state index contributed by atoms with van der Waals surface area (Å²) in [6, 6.07) is 14.4. The zero-order valence-corrected chi connectivity index (χ0v) is 15.3. The van der Waals surface area contributed by atoms with Gasteiger partial charge in [0.25, 0.3) is 11.5 Å². The largest absolute Gasteiger partial charge is 0.477 e. The number of hydrogen-bond donors (Lipinski definition) is 2. The highest BCUT2D eigenvalue weighted by Gasteiger charge is 2.32. The van der Waals surface area contributed by atoms with E-state index in [9.17, 15) is 14.4 Å². The molecule has 3 aromatic rings. The lowest BCUT2D eigenvalue weighted by molar-refractivity contribution is -0.128. The molecule has 0 bridgehead atoms. The molecule has 7 nitrogen and oxygen atoms in total. The summed E-state index contributed by atoms with van der Waals surface area (Å²) < 4.78 is 5.81. The van der Waals surface area contributed by atoms with Gasteiger partial charge in [-0.05, 0) is 29.1 Å². The SMILES string of the molecule is CC(=O)N1CC(C(=O)NCc2c[nH]c(=O)c3ccccc23)Oc2ccccc21. The van der Waals surface area contributed by atoms with Crippen LogP contribution in [0.3, 0.4) is 0 Å². The average Bonchev–Trinajstić information content (AvgIpc) is 2.72. The smallest absolute Gasteiger partial charge is 0.263 e. The van der Waals surface area contributed by atoms with E-state index in [1.165, 1.54) is 6.92 Å². The number of nitrogens with zero attached hydrogens (tertiary/aromatic N) is 1. The first kappa shape index (κ1) is 17.8. The summed E-state index contributed by atoms with van der Waals surface area (Å²) in [4.78, 5) is 40.9. The summed E-state index contributed by atoms with van der Waals surface area (Å²) in [5.74, 6) is 0.0230. The fourth-order valence-corrected chi connectivity index (χ4v) is 3.38. The van der Waals surface area contributed by atoms with Crippen LogP contribution >= 0.6 is 0 Å². The molecule has 7 heteroatoms. The number of hydrogen-bond acceptors (Lipinski definition) is 4. The number of fused-ring (bicyclic) bond motifs is 2. The summed E-state index contributed by atoms with van der Waals surface area (Å²) in [5.41, 5.74) is 1.28. The van der Waals surface area contributed by atoms with Crippen molar-refractivity contribution in [1.82, 2.24) is 10.3 Å². The molecule has 28 heavy (non-hydrogen) atoms. The van der Waals surface area contributed by atoms with Crippen molar-refractivity contribution in [3.63, 3.8) is 0 Å². The Bertz CT molecular complexity index is 1120. The molecule has 4 rings (SSSR count). The molecule has 2 aromatic carbocycles. The quantitative estimate of drug-likeness (QED) is 0.730. The van der Waals surface area contributed by atoms with Crippen molar-refractivity contribution in [3.05, 3.63) is 70.6 Å². The fraction of sp³-hybridized carbons (Fsp3) is 0.190. The molecule has 1 aliphatic rings. The number of H-pyrrole nitrogens is 1. The number of pyridine rings is 1. The Morgan fingerprint density at radius 1 is 1.14 bits per heavy atom. The lowest BCUT2D eigenvalue weighted by Crippen LogP contribution is -2.50. The molecule has 0 saturated carbocycles. The number of para-hydroxylation sites is 2. The first-order valence-corrected chi connectivity index (χ1v) is 8.95. The molecular formula is C21H19N3O4. The Kier molecular flexibility index (Phi) is 4.57. The molecule has 2 amide bonds. The number of aromatic nitrogens is 1. The molecule has 2 heterocycles. The second-order valence-electron chi connectivity index (χ2n) is 6.61. The molecule has 0 radical (unpaired) electrons. The van der Waals surface area contributed by atoms with E-state index in [2.05, 4.69) is 10.3 Å². The summed E-state index contributed by atoms with van der Waals surface area (Å²) in [5, 5.41) is 4.20. The van der Waals surface area contributed by atoms with Gasteiger partial charge in [-0.3, -0.25) is 14.4 Å². The maximum absolute atomic E-state index is 12.7. The average molecular weight is 377 g/mol. The summed E-state index contributed by atoms with van der Waals surface area (Å²) >= 11 is 0. The van der Waals surface area contributed by atoms with Crippen LogP contribution in [0.15, 0.2) is 59.5 Å². The molecular weight excluding hydrogens is 358 g/mol. The Hall–Kier alpha value is -3.61. The highest BCUT2D eigenvalue weighted by molar-refractivity contribution is 5.96. The van der Waals surface area contributed by atoms with E-state index >= 15 is 0 Å². The van der Waals surface area contributed by atoms with Gasteiger partial charge in [0.05, 0.1) is 12.2 Å². The number of rotatable bonds is 3. The Balaban J connectivity index is 1.53. The van der Waals surface area contributed by atoms with Crippen molar-refractivity contribution in [2.75, 3.05) is 11.4 Å². The Morgan fingerprint density at radius 3 is 2.64 bits per heavy atom. The minimum atomic E-state index is -0.812. The number of carbonyl (C=O) groups is 2. The first-order valence-electron chi connectivity index (χ1n) is 8.95. The van der Waals surface area contributed by atoms with Gasteiger partial charge in [-0.2, -0.15) is 0 Å². The van der Waals surface area contributed by atoms with E-state index in [4.69, 9.17) is 4.74 Å². The van der Waals surface area contributed by atoms with Crippen LogP contribution < -0.4 is 20.5 Å².